The summed E-state index contributed by atoms with van der Waals surface area (Å²) in [7, 11) is 0. The molecule has 1 fully saturated rings. The third-order valence-corrected chi connectivity index (χ3v) is 3.53. The van der Waals surface area contributed by atoms with Crippen LogP contribution >= 0.6 is 11.6 Å². The number of benzene rings is 1. The molecule has 0 aliphatic carbocycles. The molecule has 5 heteroatoms. The smallest absolute Gasteiger partial charge is 0.129 e. The molecular weight excluding hydrogens is 255 g/mol. The molecule has 0 spiro atoms. The molecular formula is C13H18ClFN2O. The van der Waals surface area contributed by atoms with Crippen molar-refractivity contribution < 1.29 is 9.13 Å². The third kappa shape index (κ3) is 3.20. The van der Waals surface area contributed by atoms with Crippen molar-refractivity contribution in [3.63, 3.8) is 0 Å². The van der Waals surface area contributed by atoms with Gasteiger partial charge >= 0.3 is 0 Å². The van der Waals surface area contributed by atoms with E-state index in [4.69, 9.17) is 22.1 Å². The zero-order valence-corrected chi connectivity index (χ0v) is 10.9. The summed E-state index contributed by atoms with van der Waals surface area (Å²) in [6.45, 7) is 1.78. The SMILES string of the molecule is NCC(NCC1CCCO1)c1c(F)cccc1Cl. The van der Waals surface area contributed by atoms with Gasteiger partial charge in [0.15, 0.2) is 0 Å². The fourth-order valence-corrected chi connectivity index (χ4v) is 2.52. The molecule has 0 aromatic heterocycles. The van der Waals surface area contributed by atoms with E-state index in [0.717, 1.165) is 19.4 Å². The minimum atomic E-state index is -0.321. The van der Waals surface area contributed by atoms with E-state index in [0.29, 0.717) is 23.7 Å². The number of nitrogens with two attached hydrogens (primary N) is 1. The van der Waals surface area contributed by atoms with Gasteiger partial charge in [-0.15, -0.1) is 0 Å². The Morgan fingerprint density at radius 3 is 3.00 bits per heavy atom. The van der Waals surface area contributed by atoms with Crippen molar-refractivity contribution in [3.05, 3.63) is 34.6 Å². The molecule has 3 N–H and O–H groups in total. The van der Waals surface area contributed by atoms with E-state index in [1.54, 1.807) is 12.1 Å². The fraction of sp³-hybridized carbons (Fsp3) is 0.538. The first-order chi connectivity index (χ1) is 8.72. The molecule has 1 saturated heterocycles. The highest BCUT2D eigenvalue weighted by Gasteiger charge is 2.21. The molecule has 0 bridgehead atoms. The van der Waals surface area contributed by atoms with Gasteiger partial charge in [-0.3, -0.25) is 0 Å². The van der Waals surface area contributed by atoms with Gasteiger partial charge < -0.3 is 15.8 Å². The molecule has 1 aromatic rings. The molecule has 1 aliphatic rings. The molecule has 0 saturated carbocycles. The first-order valence-electron chi connectivity index (χ1n) is 6.21. The van der Waals surface area contributed by atoms with Crippen molar-refractivity contribution in [3.8, 4) is 0 Å². The zero-order valence-electron chi connectivity index (χ0n) is 10.2. The number of hydrogen-bond acceptors (Lipinski definition) is 3. The number of halogens is 2. The van der Waals surface area contributed by atoms with Gasteiger partial charge in [0.05, 0.1) is 6.10 Å². The van der Waals surface area contributed by atoms with E-state index in [1.165, 1.54) is 6.07 Å². The maximum absolute atomic E-state index is 13.8. The molecule has 0 radical (unpaired) electrons. The van der Waals surface area contributed by atoms with Gasteiger partial charge in [-0.05, 0) is 25.0 Å². The summed E-state index contributed by atoms with van der Waals surface area (Å²) in [5, 5.41) is 3.64. The van der Waals surface area contributed by atoms with Gasteiger partial charge in [-0.25, -0.2) is 4.39 Å². The second-order valence-corrected chi connectivity index (χ2v) is 4.87. The summed E-state index contributed by atoms with van der Waals surface area (Å²) in [6, 6.07) is 4.39. The Labute approximate surface area is 111 Å². The number of rotatable bonds is 5. The standard InChI is InChI=1S/C13H18ClFN2O/c14-10-4-1-5-11(15)13(10)12(7-16)17-8-9-3-2-6-18-9/h1,4-5,9,12,17H,2-3,6-8,16H2. The quantitative estimate of drug-likeness (QED) is 0.864. The molecule has 1 aromatic carbocycles. The van der Waals surface area contributed by atoms with Crippen LogP contribution in [0.4, 0.5) is 4.39 Å². The number of hydrogen-bond donors (Lipinski definition) is 2. The predicted octanol–water partition coefficient (Wildman–Crippen LogP) is 2.25. The average Bonchev–Trinajstić information content (AvgIpc) is 2.86. The van der Waals surface area contributed by atoms with Crippen LogP contribution in [0.25, 0.3) is 0 Å². The predicted molar refractivity (Wildman–Crippen MR) is 70.2 cm³/mol. The highest BCUT2D eigenvalue weighted by Crippen LogP contribution is 2.25. The van der Waals surface area contributed by atoms with Gasteiger partial charge in [0.1, 0.15) is 5.82 Å². The maximum atomic E-state index is 13.8. The van der Waals surface area contributed by atoms with Crippen LogP contribution in [-0.2, 0) is 4.74 Å². The monoisotopic (exact) mass is 272 g/mol. The molecule has 1 aliphatic heterocycles. The second-order valence-electron chi connectivity index (χ2n) is 4.47. The Kier molecular flexibility index (Phi) is 4.95. The molecule has 2 unspecified atom stereocenters. The lowest BCUT2D eigenvalue weighted by atomic mass is 10.1. The molecule has 0 amide bonds. The summed E-state index contributed by atoms with van der Waals surface area (Å²) < 4.78 is 19.3. The van der Waals surface area contributed by atoms with Crippen molar-refractivity contribution in [1.82, 2.24) is 5.32 Å². The van der Waals surface area contributed by atoms with Crippen molar-refractivity contribution in [2.45, 2.75) is 25.0 Å². The first kappa shape index (κ1) is 13.7. The molecule has 100 valence electrons. The van der Waals surface area contributed by atoms with Crippen molar-refractivity contribution in [2.75, 3.05) is 19.7 Å². The first-order valence-corrected chi connectivity index (χ1v) is 6.59. The summed E-state index contributed by atoms with van der Waals surface area (Å²) in [5.74, 6) is -0.321. The lowest BCUT2D eigenvalue weighted by Crippen LogP contribution is -2.34. The van der Waals surface area contributed by atoms with E-state index in [9.17, 15) is 4.39 Å². The van der Waals surface area contributed by atoms with Crippen LogP contribution in [0, 0.1) is 5.82 Å². The molecule has 3 nitrogen and oxygen atoms in total. The van der Waals surface area contributed by atoms with E-state index >= 15 is 0 Å². The van der Waals surface area contributed by atoms with Gasteiger partial charge in [0.2, 0.25) is 0 Å². The Morgan fingerprint density at radius 2 is 2.39 bits per heavy atom. The van der Waals surface area contributed by atoms with E-state index in [2.05, 4.69) is 5.32 Å². The molecule has 18 heavy (non-hydrogen) atoms. The zero-order chi connectivity index (χ0) is 13.0. The largest absolute Gasteiger partial charge is 0.377 e. The van der Waals surface area contributed by atoms with Crippen LogP contribution in [0.15, 0.2) is 18.2 Å². The fourth-order valence-electron chi connectivity index (χ4n) is 2.23. The Morgan fingerprint density at radius 1 is 1.56 bits per heavy atom. The van der Waals surface area contributed by atoms with Crippen molar-refractivity contribution >= 4 is 11.6 Å². The third-order valence-electron chi connectivity index (χ3n) is 3.20. The minimum Gasteiger partial charge on any atom is -0.377 e. The molecule has 2 rings (SSSR count). The lowest BCUT2D eigenvalue weighted by Gasteiger charge is -2.21. The normalized spacial score (nSPS) is 21.2. The van der Waals surface area contributed by atoms with Crippen LogP contribution in [0.2, 0.25) is 5.02 Å². The summed E-state index contributed by atoms with van der Waals surface area (Å²) >= 11 is 6.03. The van der Waals surface area contributed by atoms with Gasteiger partial charge in [-0.2, -0.15) is 0 Å². The van der Waals surface area contributed by atoms with Crippen LogP contribution in [0.5, 0.6) is 0 Å². The van der Waals surface area contributed by atoms with Crippen molar-refractivity contribution in [2.24, 2.45) is 5.73 Å². The highest BCUT2D eigenvalue weighted by atomic mass is 35.5. The van der Waals surface area contributed by atoms with E-state index in [-0.39, 0.29) is 18.0 Å². The minimum absolute atomic E-state index is 0.199. The maximum Gasteiger partial charge on any atom is 0.129 e. The Hall–Kier alpha value is -0.680. The lowest BCUT2D eigenvalue weighted by molar-refractivity contribution is 0.107. The van der Waals surface area contributed by atoms with E-state index < -0.39 is 0 Å². The molecule has 1 heterocycles. The van der Waals surface area contributed by atoms with Gasteiger partial charge in [0.25, 0.3) is 0 Å². The highest BCUT2D eigenvalue weighted by molar-refractivity contribution is 6.31. The number of nitrogens with one attached hydrogen (secondary N) is 1. The van der Waals surface area contributed by atoms with Crippen LogP contribution < -0.4 is 11.1 Å². The second kappa shape index (κ2) is 6.48. The van der Waals surface area contributed by atoms with Gasteiger partial charge in [0, 0.05) is 36.3 Å². The van der Waals surface area contributed by atoms with E-state index in [1.807, 2.05) is 0 Å². The summed E-state index contributed by atoms with van der Waals surface area (Å²) in [5.41, 5.74) is 6.14. The summed E-state index contributed by atoms with van der Waals surface area (Å²) in [6.07, 6.45) is 2.32. The van der Waals surface area contributed by atoms with Gasteiger partial charge in [-0.1, -0.05) is 17.7 Å². The van der Waals surface area contributed by atoms with Crippen LogP contribution in [0.3, 0.4) is 0 Å². The summed E-state index contributed by atoms with van der Waals surface area (Å²) in [4.78, 5) is 0. The Balaban J connectivity index is 2.03. The number of ether oxygens (including phenoxy) is 1. The average molecular weight is 273 g/mol. The van der Waals surface area contributed by atoms with Crippen LogP contribution in [-0.4, -0.2) is 25.8 Å². The van der Waals surface area contributed by atoms with Crippen LogP contribution in [0.1, 0.15) is 24.4 Å². The molecule has 2 atom stereocenters. The topological polar surface area (TPSA) is 47.3 Å². The van der Waals surface area contributed by atoms with Crippen molar-refractivity contribution in [1.29, 1.82) is 0 Å². The Bertz CT molecular complexity index is 376.